The summed E-state index contributed by atoms with van der Waals surface area (Å²) in [5.41, 5.74) is 10.4. The number of hydrogen-bond donors (Lipinski definition) is 5. The van der Waals surface area contributed by atoms with Crippen LogP contribution < -0.4 is 26.6 Å². The van der Waals surface area contributed by atoms with E-state index in [-0.39, 0.29) is 5.91 Å². The molecule has 0 bridgehead atoms. The topological polar surface area (TPSA) is 132 Å². The zero-order valence-corrected chi connectivity index (χ0v) is 18.7. The molecule has 1 aliphatic heterocycles. The van der Waals surface area contributed by atoms with Crippen LogP contribution >= 0.6 is 0 Å². The van der Waals surface area contributed by atoms with E-state index < -0.39 is 0 Å². The second-order valence-corrected chi connectivity index (χ2v) is 8.19. The van der Waals surface area contributed by atoms with Gasteiger partial charge >= 0.3 is 0 Å². The molecule has 1 aliphatic rings. The lowest BCUT2D eigenvalue weighted by Crippen LogP contribution is -2.38. The van der Waals surface area contributed by atoms with E-state index in [1.165, 1.54) is 6.21 Å². The van der Waals surface area contributed by atoms with Crippen molar-refractivity contribution < 1.29 is 4.79 Å². The fourth-order valence-corrected chi connectivity index (χ4v) is 3.56. The lowest BCUT2D eigenvalue weighted by atomic mass is 10.1. The highest BCUT2D eigenvalue weighted by Gasteiger charge is 2.20. The van der Waals surface area contributed by atoms with E-state index in [1.54, 1.807) is 24.4 Å². The highest BCUT2D eigenvalue weighted by Crippen LogP contribution is 2.33. The molecule has 0 radical (unpaired) electrons. The summed E-state index contributed by atoms with van der Waals surface area (Å²) in [7, 11) is 0. The van der Waals surface area contributed by atoms with Crippen LogP contribution in [-0.4, -0.2) is 41.3 Å². The van der Waals surface area contributed by atoms with Crippen molar-refractivity contribution in [3.63, 3.8) is 0 Å². The zero-order valence-electron chi connectivity index (χ0n) is 18.7. The standard InChI is InChI=1S/C24H28N8O/c1-15(2)28-14-32-10-8-23(33)30-20-6-3-16(12-21(20)32)24-27-9-7-22(31-24)29-18-4-5-19(26)17(11-18)13-25/h3-7,9,11-13,15,25,28H,8,10,14,26H2,1-2H3,(H,30,33)(H,27,29,31). The summed E-state index contributed by atoms with van der Waals surface area (Å²) in [6.45, 7) is 5.45. The van der Waals surface area contributed by atoms with Gasteiger partial charge in [0, 0.05) is 53.9 Å². The Hall–Kier alpha value is -3.98. The van der Waals surface area contributed by atoms with Crippen molar-refractivity contribution in [2.45, 2.75) is 26.3 Å². The molecule has 0 aliphatic carbocycles. The first-order valence-electron chi connectivity index (χ1n) is 10.9. The number of fused-ring (bicyclic) bond motifs is 1. The van der Waals surface area contributed by atoms with Crippen molar-refractivity contribution in [3.8, 4) is 11.4 Å². The first kappa shape index (κ1) is 22.2. The molecule has 1 amide bonds. The maximum atomic E-state index is 12.2. The van der Waals surface area contributed by atoms with Crippen LogP contribution in [0, 0.1) is 5.41 Å². The van der Waals surface area contributed by atoms with Gasteiger partial charge in [-0.25, -0.2) is 9.97 Å². The summed E-state index contributed by atoms with van der Waals surface area (Å²) in [5, 5.41) is 17.2. The van der Waals surface area contributed by atoms with Crippen molar-refractivity contribution in [2.24, 2.45) is 0 Å². The molecule has 170 valence electrons. The van der Waals surface area contributed by atoms with Crippen LogP contribution in [0.2, 0.25) is 0 Å². The minimum Gasteiger partial charge on any atom is -0.398 e. The maximum Gasteiger partial charge on any atom is 0.226 e. The lowest BCUT2D eigenvalue weighted by molar-refractivity contribution is -0.115. The third-order valence-corrected chi connectivity index (χ3v) is 5.34. The van der Waals surface area contributed by atoms with Gasteiger partial charge in [0.1, 0.15) is 5.82 Å². The molecule has 0 unspecified atom stereocenters. The molecule has 0 spiro atoms. The predicted molar refractivity (Wildman–Crippen MR) is 133 cm³/mol. The molecule has 3 aromatic rings. The number of nitrogens with zero attached hydrogens (tertiary/aromatic N) is 3. The van der Waals surface area contributed by atoms with Crippen LogP contribution in [0.4, 0.5) is 28.6 Å². The first-order valence-corrected chi connectivity index (χ1v) is 10.9. The van der Waals surface area contributed by atoms with Crippen LogP contribution in [-0.2, 0) is 4.79 Å². The predicted octanol–water partition coefficient (Wildman–Crippen LogP) is 3.57. The number of benzene rings is 2. The quantitative estimate of drug-likeness (QED) is 0.278. The fraction of sp³-hybridized carbons (Fsp3) is 0.250. The summed E-state index contributed by atoms with van der Waals surface area (Å²) in [5.74, 6) is 1.20. The first-order chi connectivity index (χ1) is 15.9. The maximum absolute atomic E-state index is 12.2. The van der Waals surface area contributed by atoms with E-state index in [9.17, 15) is 4.79 Å². The van der Waals surface area contributed by atoms with E-state index in [0.29, 0.717) is 48.6 Å². The molecule has 0 atom stereocenters. The number of nitrogens with one attached hydrogen (secondary N) is 4. The summed E-state index contributed by atoms with van der Waals surface area (Å²) >= 11 is 0. The molecule has 9 heteroatoms. The van der Waals surface area contributed by atoms with Gasteiger partial charge in [0.05, 0.1) is 18.0 Å². The van der Waals surface area contributed by atoms with Crippen LogP contribution in [0.5, 0.6) is 0 Å². The van der Waals surface area contributed by atoms with E-state index in [0.717, 1.165) is 22.6 Å². The number of rotatable bonds is 7. The third kappa shape index (κ3) is 5.27. The van der Waals surface area contributed by atoms with E-state index in [4.69, 9.17) is 11.1 Å². The number of hydrogen-bond acceptors (Lipinski definition) is 8. The molecular formula is C24H28N8O. The Morgan fingerprint density at radius 2 is 2.09 bits per heavy atom. The van der Waals surface area contributed by atoms with Gasteiger partial charge in [-0.15, -0.1) is 0 Å². The Bertz CT molecular complexity index is 1180. The van der Waals surface area contributed by atoms with E-state index >= 15 is 0 Å². The fourth-order valence-electron chi connectivity index (χ4n) is 3.56. The Morgan fingerprint density at radius 3 is 2.88 bits per heavy atom. The Kier molecular flexibility index (Phi) is 6.50. The molecule has 1 aromatic heterocycles. The summed E-state index contributed by atoms with van der Waals surface area (Å²) < 4.78 is 0. The van der Waals surface area contributed by atoms with Crippen LogP contribution in [0.25, 0.3) is 11.4 Å². The van der Waals surface area contributed by atoms with Crippen molar-refractivity contribution in [1.82, 2.24) is 15.3 Å². The van der Waals surface area contributed by atoms with E-state index in [1.807, 2.05) is 24.3 Å². The average molecular weight is 445 g/mol. The van der Waals surface area contributed by atoms with E-state index in [2.05, 4.69) is 44.7 Å². The van der Waals surface area contributed by atoms with Crippen LogP contribution in [0.1, 0.15) is 25.8 Å². The molecular weight excluding hydrogens is 416 g/mol. The smallest absolute Gasteiger partial charge is 0.226 e. The number of nitrogen functional groups attached to an aromatic ring is 1. The molecule has 33 heavy (non-hydrogen) atoms. The van der Waals surface area contributed by atoms with Crippen molar-refractivity contribution in [3.05, 3.63) is 54.2 Å². The van der Waals surface area contributed by atoms with Crippen molar-refractivity contribution >= 4 is 40.7 Å². The zero-order chi connectivity index (χ0) is 23.4. The molecule has 2 aromatic carbocycles. The molecule has 4 rings (SSSR count). The van der Waals surface area contributed by atoms with Gasteiger partial charge in [0.25, 0.3) is 0 Å². The summed E-state index contributed by atoms with van der Waals surface area (Å²) in [4.78, 5) is 23.4. The SMILES string of the molecule is CC(C)NCN1CCC(=O)Nc2ccc(-c3nccc(Nc4ccc(N)c(C=N)c4)n3)cc21. The van der Waals surface area contributed by atoms with Gasteiger partial charge in [-0.1, -0.05) is 0 Å². The summed E-state index contributed by atoms with van der Waals surface area (Å²) in [6.07, 6.45) is 3.35. The lowest BCUT2D eigenvalue weighted by Gasteiger charge is -2.26. The molecule has 2 heterocycles. The van der Waals surface area contributed by atoms with Crippen molar-refractivity contribution in [1.29, 1.82) is 5.41 Å². The van der Waals surface area contributed by atoms with Gasteiger partial charge in [0.2, 0.25) is 5.91 Å². The number of amides is 1. The number of anilines is 5. The largest absolute Gasteiger partial charge is 0.398 e. The van der Waals surface area contributed by atoms with Gasteiger partial charge in [-0.05, 0) is 56.3 Å². The highest BCUT2D eigenvalue weighted by atomic mass is 16.1. The molecule has 0 fully saturated rings. The average Bonchev–Trinajstić information content (AvgIpc) is 2.96. The normalized spacial score (nSPS) is 13.3. The van der Waals surface area contributed by atoms with Gasteiger partial charge in [-0.3, -0.25) is 10.1 Å². The van der Waals surface area contributed by atoms with Gasteiger partial charge in [0.15, 0.2) is 5.82 Å². The number of carbonyl (C=O) groups excluding carboxylic acids is 1. The minimum absolute atomic E-state index is 0.00582. The monoisotopic (exact) mass is 444 g/mol. The van der Waals surface area contributed by atoms with Crippen LogP contribution in [0.3, 0.4) is 0 Å². The summed E-state index contributed by atoms with van der Waals surface area (Å²) in [6, 6.07) is 13.3. The van der Waals surface area contributed by atoms with Crippen molar-refractivity contribution in [2.75, 3.05) is 34.5 Å². The number of nitrogens with two attached hydrogens (primary N) is 1. The second kappa shape index (κ2) is 9.66. The Labute approximate surface area is 192 Å². The molecule has 6 N–H and O–H groups in total. The highest BCUT2D eigenvalue weighted by molar-refractivity contribution is 5.97. The van der Waals surface area contributed by atoms with Gasteiger partial charge in [-0.2, -0.15) is 0 Å². The molecule has 0 saturated heterocycles. The third-order valence-electron chi connectivity index (χ3n) is 5.34. The number of carbonyl (C=O) groups is 1. The second-order valence-electron chi connectivity index (χ2n) is 8.19. The molecule has 9 nitrogen and oxygen atoms in total. The Balaban J connectivity index is 1.63. The Morgan fingerprint density at radius 1 is 1.24 bits per heavy atom. The molecule has 0 saturated carbocycles. The minimum atomic E-state index is 0.00582. The van der Waals surface area contributed by atoms with Gasteiger partial charge < -0.3 is 26.7 Å². The number of aromatic nitrogens is 2. The van der Waals surface area contributed by atoms with Crippen LogP contribution in [0.15, 0.2) is 48.7 Å².